The molecule has 1 heterocycles. The Labute approximate surface area is 206 Å². The number of aromatic nitrogens is 3. The average Bonchev–Trinajstić information content (AvgIpc) is 3.22. The molecule has 35 heavy (non-hydrogen) atoms. The molecule has 0 aliphatic heterocycles. The number of nitro benzene ring substituents is 1. The first kappa shape index (κ1) is 23.8. The molecule has 0 fully saturated rings. The number of aryl methyl sites for hydroxylation is 2. The van der Waals surface area contributed by atoms with E-state index in [1.165, 1.54) is 12.1 Å². The van der Waals surface area contributed by atoms with Crippen molar-refractivity contribution in [3.8, 4) is 11.4 Å². The minimum absolute atomic E-state index is 0.0416. The molecule has 1 aromatic heterocycles. The number of carbonyl (C=O) groups is 1. The number of nitro groups is 1. The van der Waals surface area contributed by atoms with E-state index in [4.69, 9.17) is 17.0 Å². The number of anilines is 1. The number of nitrogens with zero attached hydrogens (tertiary/aromatic N) is 4. The van der Waals surface area contributed by atoms with Crippen molar-refractivity contribution in [2.24, 2.45) is 0 Å². The molecule has 4 rings (SSSR count). The third-order valence-corrected chi connectivity index (χ3v) is 5.39. The van der Waals surface area contributed by atoms with E-state index in [2.05, 4.69) is 20.8 Å². The fourth-order valence-electron chi connectivity index (χ4n) is 3.40. The lowest BCUT2D eigenvalue weighted by molar-refractivity contribution is -0.385. The quantitative estimate of drug-likeness (QED) is 0.230. The maximum absolute atomic E-state index is 12.6. The third-order valence-electron chi connectivity index (χ3n) is 5.18. The molecule has 10 nitrogen and oxygen atoms in total. The van der Waals surface area contributed by atoms with Gasteiger partial charge in [-0.15, -0.1) is 10.2 Å². The van der Waals surface area contributed by atoms with E-state index in [0.717, 1.165) is 22.9 Å². The van der Waals surface area contributed by atoms with Crippen molar-refractivity contribution in [3.63, 3.8) is 0 Å². The van der Waals surface area contributed by atoms with Gasteiger partial charge in [-0.05, 0) is 75.0 Å². The van der Waals surface area contributed by atoms with Gasteiger partial charge in [-0.25, -0.2) is 0 Å². The van der Waals surface area contributed by atoms with Crippen LogP contribution >= 0.6 is 12.2 Å². The fourth-order valence-corrected chi connectivity index (χ4v) is 3.61. The van der Waals surface area contributed by atoms with Crippen molar-refractivity contribution < 1.29 is 14.5 Å². The van der Waals surface area contributed by atoms with E-state index in [1.807, 2.05) is 44.2 Å². The van der Waals surface area contributed by atoms with E-state index in [-0.39, 0.29) is 28.7 Å². The summed E-state index contributed by atoms with van der Waals surface area (Å²) < 4.78 is 5.25. The molecule has 0 saturated carbocycles. The largest absolute Gasteiger partial charge is 0.487 e. The van der Waals surface area contributed by atoms with Crippen LogP contribution in [0.3, 0.4) is 0 Å². The molecule has 3 aromatic carbocycles. The lowest BCUT2D eigenvalue weighted by Gasteiger charge is -2.12. The topological polar surface area (TPSA) is 124 Å². The van der Waals surface area contributed by atoms with Gasteiger partial charge in [0, 0.05) is 17.3 Å². The lowest BCUT2D eigenvalue weighted by atomic mass is 10.1. The number of amides is 1. The molecule has 0 aliphatic carbocycles. The number of rotatable bonds is 6. The molecule has 11 heteroatoms. The fraction of sp³-hybridized carbons (Fsp3) is 0.167. The van der Waals surface area contributed by atoms with Crippen LogP contribution in [0.15, 0.2) is 54.6 Å². The van der Waals surface area contributed by atoms with Gasteiger partial charge in [0.2, 0.25) is 0 Å². The molecule has 0 saturated heterocycles. The van der Waals surface area contributed by atoms with E-state index < -0.39 is 10.8 Å². The Balaban J connectivity index is 1.51. The lowest BCUT2D eigenvalue weighted by Crippen LogP contribution is -2.34. The van der Waals surface area contributed by atoms with E-state index >= 15 is 0 Å². The van der Waals surface area contributed by atoms with Crippen LogP contribution < -0.4 is 15.4 Å². The van der Waals surface area contributed by atoms with E-state index in [0.29, 0.717) is 16.7 Å². The molecule has 4 aromatic rings. The molecule has 0 spiro atoms. The summed E-state index contributed by atoms with van der Waals surface area (Å²) in [5, 5.41) is 26.0. The van der Waals surface area contributed by atoms with Crippen LogP contribution in [0.25, 0.3) is 16.7 Å². The van der Waals surface area contributed by atoms with Gasteiger partial charge < -0.3 is 10.1 Å². The zero-order chi connectivity index (χ0) is 25.1. The zero-order valence-corrected chi connectivity index (χ0v) is 20.0. The summed E-state index contributed by atoms with van der Waals surface area (Å²) in [5.41, 5.74) is 4.63. The first-order valence-corrected chi connectivity index (χ1v) is 11.1. The van der Waals surface area contributed by atoms with Crippen molar-refractivity contribution >= 4 is 45.6 Å². The first-order valence-electron chi connectivity index (χ1n) is 10.7. The van der Waals surface area contributed by atoms with Crippen LogP contribution in [0.4, 0.5) is 11.4 Å². The van der Waals surface area contributed by atoms with Crippen molar-refractivity contribution in [2.75, 3.05) is 11.9 Å². The number of hydrogen-bond donors (Lipinski definition) is 2. The molecule has 0 radical (unpaired) electrons. The Kier molecular flexibility index (Phi) is 6.69. The third kappa shape index (κ3) is 5.25. The molecule has 0 aliphatic rings. The van der Waals surface area contributed by atoms with Gasteiger partial charge in [-0.1, -0.05) is 17.7 Å². The normalized spacial score (nSPS) is 10.7. The smallest absolute Gasteiger partial charge is 0.311 e. The van der Waals surface area contributed by atoms with Gasteiger partial charge in [0.1, 0.15) is 11.0 Å². The molecule has 0 unspecified atom stereocenters. The number of benzene rings is 3. The summed E-state index contributed by atoms with van der Waals surface area (Å²) in [4.78, 5) is 24.9. The second kappa shape index (κ2) is 9.85. The van der Waals surface area contributed by atoms with Crippen molar-refractivity contribution in [2.45, 2.75) is 20.8 Å². The Morgan fingerprint density at radius 3 is 2.43 bits per heavy atom. The van der Waals surface area contributed by atoms with Crippen LogP contribution in [0.1, 0.15) is 28.4 Å². The molecular formula is C24H22N6O4S. The standard InChI is InChI=1S/C24H22N6O4S/c1-4-34-22-10-7-16(12-21(22)30(32)33)23(31)26-24(35)25-18-13-20-19(11-15(18)3)27-29(28-20)17-8-5-14(2)6-9-17/h5-13H,4H2,1-3H3,(H2,25,26,31,35). The number of fused-ring (bicyclic) bond motifs is 1. The van der Waals surface area contributed by atoms with Crippen molar-refractivity contribution in [3.05, 3.63) is 81.4 Å². The summed E-state index contributed by atoms with van der Waals surface area (Å²) in [5.74, 6) is -0.491. The molecule has 2 N–H and O–H groups in total. The molecular weight excluding hydrogens is 468 g/mol. The van der Waals surface area contributed by atoms with Crippen molar-refractivity contribution in [1.82, 2.24) is 20.3 Å². The highest BCUT2D eigenvalue weighted by Gasteiger charge is 2.19. The van der Waals surface area contributed by atoms with Crippen LogP contribution in [0.2, 0.25) is 0 Å². The van der Waals surface area contributed by atoms with Gasteiger partial charge >= 0.3 is 5.69 Å². The van der Waals surface area contributed by atoms with Gasteiger partial charge in [-0.2, -0.15) is 4.80 Å². The van der Waals surface area contributed by atoms with Crippen molar-refractivity contribution in [1.29, 1.82) is 0 Å². The molecule has 1 amide bonds. The maximum Gasteiger partial charge on any atom is 0.311 e. The highest BCUT2D eigenvalue weighted by atomic mass is 32.1. The van der Waals surface area contributed by atoms with E-state index in [1.54, 1.807) is 17.8 Å². The summed E-state index contributed by atoms with van der Waals surface area (Å²) in [7, 11) is 0. The Morgan fingerprint density at radius 2 is 1.77 bits per heavy atom. The molecule has 0 atom stereocenters. The highest BCUT2D eigenvalue weighted by Crippen LogP contribution is 2.28. The van der Waals surface area contributed by atoms with Gasteiger partial charge in [-0.3, -0.25) is 20.2 Å². The number of hydrogen-bond acceptors (Lipinski definition) is 7. The predicted molar refractivity (Wildman–Crippen MR) is 136 cm³/mol. The Hall–Kier alpha value is -4.38. The summed E-state index contributed by atoms with van der Waals surface area (Å²) >= 11 is 5.30. The molecule has 178 valence electrons. The van der Waals surface area contributed by atoms with Gasteiger partial charge in [0.25, 0.3) is 5.91 Å². The summed E-state index contributed by atoms with van der Waals surface area (Å²) in [6.07, 6.45) is 0. The Morgan fingerprint density at radius 1 is 1.09 bits per heavy atom. The van der Waals surface area contributed by atoms with E-state index in [9.17, 15) is 14.9 Å². The summed E-state index contributed by atoms with van der Waals surface area (Å²) in [6, 6.07) is 15.5. The highest BCUT2D eigenvalue weighted by molar-refractivity contribution is 7.80. The minimum Gasteiger partial charge on any atom is -0.487 e. The van der Waals surface area contributed by atoms with Crippen LogP contribution in [-0.2, 0) is 0 Å². The summed E-state index contributed by atoms with van der Waals surface area (Å²) in [6.45, 7) is 5.88. The average molecular weight is 491 g/mol. The minimum atomic E-state index is -0.597. The zero-order valence-electron chi connectivity index (χ0n) is 19.2. The van der Waals surface area contributed by atoms with Crippen LogP contribution in [0, 0.1) is 24.0 Å². The molecule has 0 bridgehead atoms. The number of nitrogens with one attached hydrogen (secondary N) is 2. The second-order valence-electron chi connectivity index (χ2n) is 7.76. The monoisotopic (exact) mass is 490 g/mol. The predicted octanol–water partition coefficient (Wildman–Crippen LogP) is 4.47. The first-order chi connectivity index (χ1) is 16.7. The number of ether oxygens (including phenoxy) is 1. The maximum atomic E-state index is 12.6. The van der Waals surface area contributed by atoms with Gasteiger partial charge in [0.05, 0.1) is 17.2 Å². The number of carbonyl (C=O) groups excluding carboxylic acids is 1. The van der Waals surface area contributed by atoms with Crippen LogP contribution in [-0.4, -0.2) is 37.5 Å². The van der Waals surface area contributed by atoms with Gasteiger partial charge in [0.15, 0.2) is 10.9 Å². The van der Waals surface area contributed by atoms with Crippen LogP contribution in [0.5, 0.6) is 5.75 Å². The second-order valence-corrected chi connectivity index (χ2v) is 8.17. The Bertz CT molecular complexity index is 1450. The number of thiocarbonyl (C=S) groups is 1. The SMILES string of the molecule is CCOc1ccc(C(=O)NC(=S)Nc2cc3nn(-c4ccc(C)cc4)nc3cc2C)cc1[N+](=O)[O-].